The molecule has 78 valence electrons. The number of hydrogen-bond acceptors (Lipinski definition) is 2. The van der Waals surface area contributed by atoms with Crippen LogP contribution in [0.2, 0.25) is 0 Å². The highest BCUT2D eigenvalue weighted by molar-refractivity contribution is 7.80. The minimum Gasteiger partial charge on any atom is -0.306 e. The minimum atomic E-state index is 1.02. The van der Waals surface area contributed by atoms with E-state index in [9.17, 15) is 0 Å². The Morgan fingerprint density at radius 3 is 2.54 bits per heavy atom. The highest BCUT2D eigenvalue weighted by atomic mass is 32.1. The highest BCUT2D eigenvalue weighted by Gasteiger charge is 2.14. The lowest BCUT2D eigenvalue weighted by Crippen LogP contribution is -2.22. The topological polar surface area (TPSA) is 3.24 Å². The van der Waals surface area contributed by atoms with Crippen molar-refractivity contribution in [3.05, 3.63) is 0 Å². The molecule has 1 aliphatic rings. The quantitative estimate of drug-likeness (QED) is 0.647. The van der Waals surface area contributed by atoms with Crippen LogP contribution in [-0.2, 0) is 0 Å². The smallest absolute Gasteiger partial charge is 0.00140 e. The van der Waals surface area contributed by atoms with Gasteiger partial charge in [0.1, 0.15) is 0 Å². The van der Waals surface area contributed by atoms with Crippen molar-refractivity contribution in [1.82, 2.24) is 4.90 Å². The van der Waals surface area contributed by atoms with Crippen LogP contribution in [0.25, 0.3) is 0 Å². The molecule has 0 aliphatic heterocycles. The van der Waals surface area contributed by atoms with E-state index in [4.69, 9.17) is 0 Å². The molecule has 13 heavy (non-hydrogen) atoms. The fourth-order valence-electron chi connectivity index (χ4n) is 2.15. The van der Waals surface area contributed by atoms with E-state index in [1.807, 2.05) is 0 Å². The van der Waals surface area contributed by atoms with Crippen molar-refractivity contribution in [1.29, 1.82) is 0 Å². The summed E-state index contributed by atoms with van der Waals surface area (Å²) in [6.07, 6.45) is 8.57. The molecule has 0 atom stereocenters. The van der Waals surface area contributed by atoms with Crippen LogP contribution in [0.3, 0.4) is 0 Å². The molecule has 0 heterocycles. The molecule has 0 bridgehead atoms. The molecule has 0 aromatic carbocycles. The largest absolute Gasteiger partial charge is 0.306 e. The van der Waals surface area contributed by atoms with Crippen molar-refractivity contribution in [2.45, 2.75) is 38.5 Å². The second-order valence-electron chi connectivity index (χ2n) is 4.32. The van der Waals surface area contributed by atoms with Gasteiger partial charge < -0.3 is 4.90 Å². The Balaban J connectivity index is 1.97. The van der Waals surface area contributed by atoms with Gasteiger partial charge in [-0.25, -0.2) is 0 Å². The first-order valence-electron chi connectivity index (χ1n) is 5.62. The van der Waals surface area contributed by atoms with Gasteiger partial charge in [0, 0.05) is 0 Å². The molecule has 0 aromatic heterocycles. The summed E-state index contributed by atoms with van der Waals surface area (Å²) in [5, 5.41) is 0. The van der Waals surface area contributed by atoms with Gasteiger partial charge in [0.25, 0.3) is 0 Å². The SMILES string of the molecule is CN(CCCS)CCC1CCCC1. The molecule has 1 rings (SSSR count). The zero-order valence-electron chi connectivity index (χ0n) is 8.84. The summed E-state index contributed by atoms with van der Waals surface area (Å²) in [7, 11) is 2.23. The summed E-state index contributed by atoms with van der Waals surface area (Å²) >= 11 is 4.22. The van der Waals surface area contributed by atoms with Crippen molar-refractivity contribution < 1.29 is 0 Å². The van der Waals surface area contributed by atoms with Crippen LogP contribution in [0.1, 0.15) is 38.5 Å². The highest BCUT2D eigenvalue weighted by Crippen LogP contribution is 2.27. The van der Waals surface area contributed by atoms with Crippen LogP contribution in [-0.4, -0.2) is 30.8 Å². The number of nitrogens with zero attached hydrogens (tertiary/aromatic N) is 1. The average Bonchev–Trinajstić information content (AvgIpc) is 2.64. The van der Waals surface area contributed by atoms with Crippen molar-refractivity contribution >= 4 is 12.6 Å². The summed E-state index contributed by atoms with van der Waals surface area (Å²) in [6, 6.07) is 0. The predicted octanol–water partition coefficient (Wildman–Crippen LogP) is 2.82. The van der Waals surface area contributed by atoms with Gasteiger partial charge in [0.2, 0.25) is 0 Å². The van der Waals surface area contributed by atoms with Crippen molar-refractivity contribution in [3.63, 3.8) is 0 Å². The van der Waals surface area contributed by atoms with Gasteiger partial charge in [0.15, 0.2) is 0 Å². The molecule has 0 N–H and O–H groups in total. The zero-order chi connectivity index (χ0) is 9.52. The molecule has 1 saturated carbocycles. The second-order valence-corrected chi connectivity index (χ2v) is 4.77. The van der Waals surface area contributed by atoms with E-state index >= 15 is 0 Å². The Morgan fingerprint density at radius 2 is 1.92 bits per heavy atom. The fourth-order valence-corrected chi connectivity index (χ4v) is 2.30. The van der Waals surface area contributed by atoms with E-state index in [-0.39, 0.29) is 0 Å². The zero-order valence-corrected chi connectivity index (χ0v) is 9.73. The van der Waals surface area contributed by atoms with Gasteiger partial charge >= 0.3 is 0 Å². The summed E-state index contributed by atoms with van der Waals surface area (Å²) in [4.78, 5) is 2.45. The molecule has 1 nitrogen and oxygen atoms in total. The summed E-state index contributed by atoms with van der Waals surface area (Å²) < 4.78 is 0. The minimum absolute atomic E-state index is 1.02. The lowest BCUT2D eigenvalue weighted by molar-refractivity contribution is 0.302. The van der Waals surface area contributed by atoms with Gasteiger partial charge in [-0.05, 0) is 44.6 Å². The Labute approximate surface area is 88.3 Å². The molecule has 0 saturated heterocycles. The van der Waals surface area contributed by atoms with Crippen LogP contribution in [0.15, 0.2) is 0 Å². The van der Waals surface area contributed by atoms with Gasteiger partial charge in [0.05, 0.1) is 0 Å². The predicted molar refractivity (Wildman–Crippen MR) is 62.5 cm³/mol. The van der Waals surface area contributed by atoms with Crippen LogP contribution < -0.4 is 0 Å². The van der Waals surface area contributed by atoms with Gasteiger partial charge in [-0.3, -0.25) is 0 Å². The third-order valence-corrected chi connectivity index (χ3v) is 3.41. The van der Waals surface area contributed by atoms with E-state index in [0.29, 0.717) is 0 Å². The van der Waals surface area contributed by atoms with E-state index in [1.165, 1.54) is 51.6 Å². The van der Waals surface area contributed by atoms with Crippen LogP contribution in [0.4, 0.5) is 0 Å². The lowest BCUT2D eigenvalue weighted by Gasteiger charge is -2.18. The molecule has 0 unspecified atom stereocenters. The maximum absolute atomic E-state index is 4.22. The fraction of sp³-hybridized carbons (Fsp3) is 1.00. The third kappa shape index (κ3) is 4.92. The number of hydrogen-bond donors (Lipinski definition) is 1. The van der Waals surface area contributed by atoms with Gasteiger partial charge in [-0.1, -0.05) is 25.7 Å². The van der Waals surface area contributed by atoms with Gasteiger partial charge in [-0.15, -0.1) is 0 Å². The van der Waals surface area contributed by atoms with E-state index in [2.05, 4.69) is 24.6 Å². The summed E-state index contributed by atoms with van der Waals surface area (Å²) in [5.41, 5.74) is 0. The lowest BCUT2D eigenvalue weighted by atomic mass is 10.0. The first-order chi connectivity index (χ1) is 6.33. The van der Waals surface area contributed by atoms with E-state index in [1.54, 1.807) is 0 Å². The second kappa shape index (κ2) is 6.72. The van der Waals surface area contributed by atoms with E-state index < -0.39 is 0 Å². The number of thiol groups is 1. The summed E-state index contributed by atoms with van der Waals surface area (Å²) in [5.74, 6) is 2.06. The molecule has 2 heteroatoms. The Bertz CT molecular complexity index is 121. The third-order valence-electron chi connectivity index (χ3n) is 3.09. The Morgan fingerprint density at radius 1 is 1.23 bits per heavy atom. The molecular formula is C11H23NS. The molecule has 1 fully saturated rings. The number of rotatable bonds is 6. The summed E-state index contributed by atoms with van der Waals surface area (Å²) in [6.45, 7) is 2.51. The van der Waals surface area contributed by atoms with Crippen molar-refractivity contribution in [2.24, 2.45) is 5.92 Å². The standard InChI is InChI=1S/C11H23NS/c1-12(8-4-10-13)9-7-11-5-2-3-6-11/h11,13H,2-10H2,1H3. The maximum Gasteiger partial charge on any atom is -0.00140 e. The molecule has 0 spiro atoms. The Kier molecular flexibility index (Phi) is 5.88. The normalized spacial score (nSPS) is 18.7. The average molecular weight is 201 g/mol. The first-order valence-corrected chi connectivity index (χ1v) is 6.25. The van der Waals surface area contributed by atoms with Crippen LogP contribution in [0, 0.1) is 5.92 Å². The van der Waals surface area contributed by atoms with Crippen LogP contribution >= 0.6 is 12.6 Å². The first kappa shape index (κ1) is 11.4. The van der Waals surface area contributed by atoms with Crippen LogP contribution in [0.5, 0.6) is 0 Å². The molecular weight excluding hydrogens is 178 g/mol. The Hall–Kier alpha value is 0.310. The molecule has 0 radical (unpaired) electrons. The molecule has 0 aromatic rings. The monoisotopic (exact) mass is 201 g/mol. The van der Waals surface area contributed by atoms with Gasteiger partial charge in [-0.2, -0.15) is 12.6 Å². The maximum atomic E-state index is 4.22. The van der Waals surface area contributed by atoms with Crippen molar-refractivity contribution in [3.8, 4) is 0 Å². The molecule has 1 aliphatic carbocycles. The van der Waals surface area contributed by atoms with Crippen molar-refractivity contribution in [2.75, 3.05) is 25.9 Å². The van der Waals surface area contributed by atoms with E-state index in [0.717, 1.165) is 11.7 Å². The molecule has 0 amide bonds.